The Labute approximate surface area is 117 Å². The lowest BCUT2D eigenvalue weighted by atomic mass is 9.72. The van der Waals surface area contributed by atoms with E-state index in [1.807, 2.05) is 6.92 Å². The fraction of sp³-hybridized carbons (Fsp3) is 0.533. The first-order valence-electron chi connectivity index (χ1n) is 6.60. The molecule has 1 amide bonds. The Morgan fingerprint density at radius 3 is 2.50 bits per heavy atom. The second-order valence-electron chi connectivity index (χ2n) is 6.25. The van der Waals surface area contributed by atoms with Gasteiger partial charge in [0.05, 0.1) is 5.92 Å². The van der Waals surface area contributed by atoms with Gasteiger partial charge in [-0.15, -0.1) is 0 Å². The van der Waals surface area contributed by atoms with Gasteiger partial charge >= 0.3 is 6.61 Å². The Kier molecular flexibility index (Phi) is 3.71. The van der Waals surface area contributed by atoms with Crippen LogP contribution < -0.4 is 10.1 Å². The molecule has 0 aromatic heterocycles. The number of nitrogens with one attached hydrogen (secondary N) is 1. The second kappa shape index (κ2) is 5.04. The predicted octanol–water partition coefficient (Wildman–Crippen LogP) is 4.01. The number of rotatable bonds is 3. The van der Waals surface area contributed by atoms with E-state index in [2.05, 4.69) is 30.8 Å². The van der Waals surface area contributed by atoms with Crippen molar-refractivity contribution >= 4 is 11.6 Å². The first-order chi connectivity index (χ1) is 9.20. The molecule has 1 N–H and O–H groups in total. The summed E-state index contributed by atoms with van der Waals surface area (Å²) in [6, 6.07) is 4.59. The summed E-state index contributed by atoms with van der Waals surface area (Å²) in [5, 5.41) is 2.80. The molecule has 3 nitrogen and oxygen atoms in total. The zero-order chi connectivity index (χ0) is 15.1. The monoisotopic (exact) mass is 283 g/mol. The lowest BCUT2D eigenvalue weighted by Crippen LogP contribution is -2.28. The maximum Gasteiger partial charge on any atom is 0.387 e. The van der Waals surface area contributed by atoms with Crippen LogP contribution in [-0.2, 0) is 4.79 Å². The van der Waals surface area contributed by atoms with Crippen LogP contribution in [0.5, 0.6) is 5.75 Å². The molecule has 2 unspecified atom stereocenters. The van der Waals surface area contributed by atoms with E-state index in [1.165, 1.54) is 12.1 Å². The summed E-state index contributed by atoms with van der Waals surface area (Å²) in [6.07, 6.45) is 0. The van der Waals surface area contributed by atoms with Gasteiger partial charge in [0.1, 0.15) is 5.75 Å². The Morgan fingerprint density at radius 2 is 1.95 bits per heavy atom. The van der Waals surface area contributed by atoms with Gasteiger partial charge in [-0.3, -0.25) is 4.79 Å². The number of anilines is 1. The summed E-state index contributed by atoms with van der Waals surface area (Å²) < 4.78 is 29.0. The summed E-state index contributed by atoms with van der Waals surface area (Å²) in [5.41, 5.74) is 1.34. The van der Waals surface area contributed by atoms with Crippen LogP contribution in [0.2, 0.25) is 0 Å². The number of hydrogen-bond acceptors (Lipinski definition) is 2. The summed E-state index contributed by atoms with van der Waals surface area (Å²) in [6.45, 7) is 5.31. The zero-order valence-electron chi connectivity index (χ0n) is 12.0. The van der Waals surface area contributed by atoms with E-state index in [9.17, 15) is 13.6 Å². The topological polar surface area (TPSA) is 38.3 Å². The van der Waals surface area contributed by atoms with E-state index < -0.39 is 6.61 Å². The average Bonchev–Trinajstić information content (AvgIpc) is 2.61. The number of fused-ring (bicyclic) bond motifs is 1. The van der Waals surface area contributed by atoms with Gasteiger partial charge in [0.25, 0.3) is 0 Å². The van der Waals surface area contributed by atoms with Gasteiger partial charge in [0.2, 0.25) is 5.91 Å². The smallest absolute Gasteiger partial charge is 0.387 e. The van der Waals surface area contributed by atoms with Crippen LogP contribution in [0.25, 0.3) is 0 Å². The third kappa shape index (κ3) is 2.76. The number of alkyl halides is 2. The normalized spacial score (nSPS) is 19.8. The van der Waals surface area contributed by atoms with Gasteiger partial charge in [0, 0.05) is 5.69 Å². The summed E-state index contributed by atoms with van der Waals surface area (Å²) in [5.74, 6) is -0.269. The van der Waals surface area contributed by atoms with Gasteiger partial charge < -0.3 is 10.1 Å². The molecule has 1 aromatic rings. The van der Waals surface area contributed by atoms with Crippen molar-refractivity contribution in [1.29, 1.82) is 0 Å². The first-order valence-corrected chi connectivity index (χ1v) is 6.60. The zero-order valence-corrected chi connectivity index (χ0v) is 12.0. The van der Waals surface area contributed by atoms with Crippen LogP contribution in [0.15, 0.2) is 18.2 Å². The fourth-order valence-electron chi connectivity index (χ4n) is 2.44. The van der Waals surface area contributed by atoms with Gasteiger partial charge in [-0.25, -0.2) is 0 Å². The fourth-order valence-corrected chi connectivity index (χ4v) is 2.44. The highest BCUT2D eigenvalue weighted by Crippen LogP contribution is 2.45. The van der Waals surface area contributed by atoms with Gasteiger partial charge in [0.15, 0.2) is 0 Å². The Hall–Kier alpha value is -1.65. The molecular weight excluding hydrogens is 264 g/mol. The predicted molar refractivity (Wildman–Crippen MR) is 73.1 cm³/mol. The Bertz CT molecular complexity index is 523. The van der Waals surface area contributed by atoms with Crippen molar-refractivity contribution < 1.29 is 18.3 Å². The van der Waals surface area contributed by atoms with Crippen molar-refractivity contribution in [2.24, 2.45) is 11.3 Å². The van der Waals surface area contributed by atoms with Crippen molar-refractivity contribution in [1.82, 2.24) is 0 Å². The number of hydrogen-bond donors (Lipinski definition) is 1. The summed E-state index contributed by atoms with van der Waals surface area (Å²) >= 11 is 0. The minimum atomic E-state index is -2.86. The number of carbonyl (C=O) groups is 1. The van der Waals surface area contributed by atoms with Gasteiger partial charge in [-0.2, -0.15) is 8.78 Å². The van der Waals surface area contributed by atoms with E-state index in [4.69, 9.17) is 0 Å². The highest BCUT2D eigenvalue weighted by atomic mass is 19.3. The van der Waals surface area contributed by atoms with Crippen molar-refractivity contribution in [3.05, 3.63) is 23.8 Å². The molecule has 2 atom stereocenters. The van der Waals surface area contributed by atoms with Crippen LogP contribution >= 0.6 is 0 Å². The summed E-state index contributed by atoms with van der Waals surface area (Å²) in [7, 11) is 0. The Balaban J connectivity index is 2.37. The van der Waals surface area contributed by atoms with Gasteiger partial charge in [-0.1, -0.05) is 27.7 Å². The molecule has 0 aliphatic carbocycles. The number of halogens is 2. The molecular formula is C15H19F2NO2. The number of benzene rings is 1. The van der Waals surface area contributed by atoms with E-state index in [0.29, 0.717) is 5.69 Å². The number of amides is 1. The molecule has 0 saturated heterocycles. The molecule has 0 saturated carbocycles. The SMILES string of the molecule is CC(C1C(=O)Nc2ccc(OC(F)F)cc21)C(C)(C)C. The second-order valence-corrected chi connectivity index (χ2v) is 6.25. The highest BCUT2D eigenvalue weighted by Gasteiger charge is 2.39. The van der Waals surface area contributed by atoms with Crippen LogP contribution in [-0.4, -0.2) is 12.5 Å². The van der Waals surface area contributed by atoms with Crippen molar-refractivity contribution in [3.63, 3.8) is 0 Å². The minimum absolute atomic E-state index is 0.0663. The quantitative estimate of drug-likeness (QED) is 0.910. The molecule has 2 rings (SSSR count). The highest BCUT2D eigenvalue weighted by molar-refractivity contribution is 6.03. The summed E-state index contributed by atoms with van der Waals surface area (Å²) in [4.78, 5) is 12.2. The van der Waals surface area contributed by atoms with E-state index in [1.54, 1.807) is 6.07 Å². The maximum absolute atomic E-state index is 12.3. The molecule has 1 aromatic carbocycles. The first kappa shape index (κ1) is 14.8. The average molecular weight is 283 g/mol. The third-order valence-corrected chi connectivity index (χ3v) is 3.99. The van der Waals surface area contributed by atoms with E-state index in [-0.39, 0.29) is 28.9 Å². The molecule has 110 valence electrons. The standard InChI is InChI=1S/C15H19F2NO2/c1-8(15(2,3)4)12-10-7-9(20-14(16)17)5-6-11(10)18-13(12)19/h5-8,12,14H,1-4H3,(H,18,19). The molecule has 5 heteroatoms. The molecule has 0 radical (unpaired) electrons. The molecule has 0 spiro atoms. The maximum atomic E-state index is 12.3. The number of carbonyl (C=O) groups excluding carboxylic acids is 1. The van der Waals surface area contributed by atoms with E-state index in [0.717, 1.165) is 5.56 Å². The van der Waals surface area contributed by atoms with Crippen LogP contribution in [0.1, 0.15) is 39.2 Å². The molecule has 20 heavy (non-hydrogen) atoms. The molecule has 1 heterocycles. The molecule has 1 aliphatic rings. The van der Waals surface area contributed by atoms with Crippen LogP contribution in [0.3, 0.4) is 0 Å². The number of ether oxygens (including phenoxy) is 1. The lowest BCUT2D eigenvalue weighted by Gasteiger charge is -2.31. The lowest BCUT2D eigenvalue weighted by molar-refractivity contribution is -0.118. The molecule has 0 fully saturated rings. The van der Waals surface area contributed by atoms with Gasteiger partial charge in [-0.05, 0) is 35.1 Å². The van der Waals surface area contributed by atoms with E-state index >= 15 is 0 Å². The molecule has 1 aliphatic heterocycles. The largest absolute Gasteiger partial charge is 0.435 e. The van der Waals surface area contributed by atoms with Crippen LogP contribution in [0.4, 0.5) is 14.5 Å². The van der Waals surface area contributed by atoms with Crippen molar-refractivity contribution in [2.75, 3.05) is 5.32 Å². The van der Waals surface area contributed by atoms with Crippen molar-refractivity contribution in [2.45, 2.75) is 40.2 Å². The van der Waals surface area contributed by atoms with Crippen molar-refractivity contribution in [3.8, 4) is 5.75 Å². The minimum Gasteiger partial charge on any atom is -0.435 e. The Morgan fingerprint density at radius 1 is 1.30 bits per heavy atom. The third-order valence-electron chi connectivity index (χ3n) is 3.99. The van der Waals surface area contributed by atoms with Crippen LogP contribution in [0, 0.1) is 11.3 Å². The molecule has 0 bridgehead atoms.